The lowest BCUT2D eigenvalue weighted by molar-refractivity contribution is -0.122. The van der Waals surface area contributed by atoms with Gasteiger partial charge in [0.05, 0.1) is 5.69 Å². The van der Waals surface area contributed by atoms with Crippen LogP contribution in [0.1, 0.15) is 16.7 Å². The average Bonchev–Trinajstić information content (AvgIpc) is 2.80. The fraction of sp³-hybridized carbons (Fsp3) is 0.148. The number of nitrogens with zero attached hydrogens (tertiary/aromatic N) is 1. The summed E-state index contributed by atoms with van der Waals surface area (Å²) in [7, 11) is 0. The third kappa shape index (κ3) is 5.70. The number of carbonyl (C=O) groups excluding carboxylic acids is 3. The van der Waals surface area contributed by atoms with Crippen LogP contribution in [0.5, 0.6) is 11.5 Å². The van der Waals surface area contributed by atoms with Crippen LogP contribution in [0, 0.1) is 13.8 Å². The Kier molecular flexibility index (Phi) is 7.17. The second-order valence-electron chi connectivity index (χ2n) is 7.99. The lowest BCUT2D eigenvalue weighted by Crippen LogP contribution is -2.54. The first kappa shape index (κ1) is 24.0. The molecule has 1 heterocycles. The smallest absolute Gasteiger partial charge is 0.335 e. The Morgan fingerprint density at radius 1 is 0.886 bits per heavy atom. The van der Waals surface area contributed by atoms with Crippen LogP contribution >= 0.6 is 11.6 Å². The van der Waals surface area contributed by atoms with Crippen molar-refractivity contribution in [2.45, 2.75) is 13.8 Å². The van der Waals surface area contributed by atoms with E-state index in [9.17, 15) is 14.4 Å². The summed E-state index contributed by atoms with van der Waals surface area (Å²) in [6.07, 6.45) is 1.37. The lowest BCUT2D eigenvalue weighted by atomic mass is 10.1. The van der Waals surface area contributed by atoms with Gasteiger partial charge in [0.15, 0.2) is 0 Å². The van der Waals surface area contributed by atoms with Crippen molar-refractivity contribution >= 4 is 41.2 Å². The van der Waals surface area contributed by atoms with Gasteiger partial charge < -0.3 is 9.47 Å². The molecule has 0 spiro atoms. The largest absolute Gasteiger partial charge is 0.490 e. The van der Waals surface area contributed by atoms with E-state index in [0.29, 0.717) is 22.0 Å². The number of barbiturate groups is 1. The molecular weight excluding hydrogens is 468 g/mol. The first-order chi connectivity index (χ1) is 16.8. The molecule has 1 aliphatic heterocycles. The fourth-order valence-corrected chi connectivity index (χ4v) is 3.77. The fourth-order valence-electron chi connectivity index (χ4n) is 3.59. The number of hydrogen-bond donors (Lipinski definition) is 1. The maximum atomic E-state index is 13.2. The molecule has 1 fully saturated rings. The molecule has 1 N–H and O–H groups in total. The second kappa shape index (κ2) is 10.4. The van der Waals surface area contributed by atoms with Crippen LogP contribution in [0.2, 0.25) is 5.02 Å². The molecule has 7 nitrogen and oxygen atoms in total. The van der Waals surface area contributed by atoms with Gasteiger partial charge >= 0.3 is 6.03 Å². The van der Waals surface area contributed by atoms with E-state index in [-0.39, 0.29) is 18.8 Å². The summed E-state index contributed by atoms with van der Waals surface area (Å²) in [5.74, 6) is -0.387. The summed E-state index contributed by atoms with van der Waals surface area (Å²) in [4.78, 5) is 39.1. The molecule has 4 amide bonds. The summed E-state index contributed by atoms with van der Waals surface area (Å²) in [6, 6.07) is 18.6. The molecule has 35 heavy (non-hydrogen) atoms. The second-order valence-corrected chi connectivity index (χ2v) is 8.43. The molecular formula is C27H23ClN2O5. The van der Waals surface area contributed by atoms with Crippen molar-refractivity contribution in [2.24, 2.45) is 0 Å². The molecule has 3 aromatic rings. The van der Waals surface area contributed by atoms with Gasteiger partial charge in [-0.3, -0.25) is 14.9 Å². The molecule has 0 bridgehead atoms. The number of halogens is 1. The zero-order valence-electron chi connectivity index (χ0n) is 19.2. The number of carbonyl (C=O) groups is 3. The van der Waals surface area contributed by atoms with Gasteiger partial charge in [0.25, 0.3) is 11.8 Å². The average molecular weight is 491 g/mol. The number of rotatable bonds is 7. The van der Waals surface area contributed by atoms with Gasteiger partial charge in [-0.05, 0) is 73.5 Å². The summed E-state index contributed by atoms with van der Waals surface area (Å²) >= 11 is 6.17. The number of amides is 4. The number of aryl methyl sites for hydroxylation is 2. The molecule has 8 heteroatoms. The Hall–Kier alpha value is -4.10. The van der Waals surface area contributed by atoms with Crippen molar-refractivity contribution < 1.29 is 23.9 Å². The lowest BCUT2D eigenvalue weighted by Gasteiger charge is -2.26. The van der Waals surface area contributed by atoms with Gasteiger partial charge in [0, 0.05) is 10.6 Å². The van der Waals surface area contributed by atoms with E-state index >= 15 is 0 Å². The van der Waals surface area contributed by atoms with Gasteiger partial charge in [-0.25, -0.2) is 9.69 Å². The predicted octanol–water partition coefficient (Wildman–Crippen LogP) is 5.08. The van der Waals surface area contributed by atoms with Crippen molar-refractivity contribution in [3.63, 3.8) is 0 Å². The quantitative estimate of drug-likeness (QED) is 0.283. The number of nitrogens with one attached hydrogen (secondary N) is 1. The number of benzene rings is 3. The molecule has 178 valence electrons. The molecule has 1 aliphatic rings. The molecule has 0 atom stereocenters. The third-order valence-electron chi connectivity index (χ3n) is 5.23. The van der Waals surface area contributed by atoms with Gasteiger partial charge in [-0.1, -0.05) is 35.9 Å². The Balaban J connectivity index is 1.55. The van der Waals surface area contributed by atoms with E-state index in [1.807, 2.05) is 44.2 Å². The van der Waals surface area contributed by atoms with Gasteiger partial charge in [-0.2, -0.15) is 0 Å². The van der Waals surface area contributed by atoms with E-state index in [2.05, 4.69) is 5.32 Å². The number of anilines is 1. The van der Waals surface area contributed by atoms with Crippen LogP contribution in [0.15, 0.2) is 72.3 Å². The van der Waals surface area contributed by atoms with Crippen LogP contribution in [0.25, 0.3) is 6.08 Å². The zero-order valence-corrected chi connectivity index (χ0v) is 20.0. The number of ether oxygens (including phenoxy) is 2. The molecule has 1 saturated heterocycles. The molecule has 0 aliphatic carbocycles. The standard InChI is InChI=1S/C27H23ClN2O5/c1-17-5-3-7-21(13-17)30-26(32)23(25(31)29-27(30)33)16-19-15-20(28)9-10-24(19)35-12-11-34-22-8-4-6-18(2)14-22/h3-10,13-16H,11-12H2,1-2H3,(H,29,31,33)/b23-16+. The number of imide groups is 2. The Morgan fingerprint density at radius 3 is 2.34 bits per heavy atom. The van der Waals surface area contributed by atoms with Gasteiger partial charge in [-0.15, -0.1) is 0 Å². The maximum absolute atomic E-state index is 13.2. The van der Waals surface area contributed by atoms with E-state index in [1.165, 1.54) is 6.08 Å². The SMILES string of the molecule is Cc1cccc(OCCOc2ccc(Cl)cc2/C=C2\C(=O)NC(=O)N(c3cccc(C)c3)C2=O)c1. The predicted molar refractivity (Wildman–Crippen MR) is 134 cm³/mol. The topological polar surface area (TPSA) is 84.9 Å². The van der Waals surface area contributed by atoms with Crippen molar-refractivity contribution in [3.8, 4) is 11.5 Å². The highest BCUT2D eigenvalue weighted by molar-refractivity contribution is 6.39. The zero-order chi connectivity index (χ0) is 24.9. The first-order valence-electron chi connectivity index (χ1n) is 10.9. The molecule has 0 saturated carbocycles. The Bertz CT molecular complexity index is 1330. The third-order valence-corrected chi connectivity index (χ3v) is 5.47. The number of urea groups is 1. The maximum Gasteiger partial charge on any atom is 0.335 e. The minimum absolute atomic E-state index is 0.214. The van der Waals surface area contributed by atoms with Crippen LogP contribution in [0.4, 0.5) is 10.5 Å². The highest BCUT2D eigenvalue weighted by Crippen LogP contribution is 2.28. The Labute approximate surface area is 207 Å². The number of hydrogen-bond acceptors (Lipinski definition) is 5. The Morgan fingerprint density at radius 2 is 1.60 bits per heavy atom. The van der Waals surface area contributed by atoms with Crippen molar-refractivity contribution in [2.75, 3.05) is 18.1 Å². The van der Waals surface area contributed by atoms with E-state index in [4.69, 9.17) is 21.1 Å². The molecule has 3 aromatic carbocycles. The van der Waals surface area contributed by atoms with E-state index in [0.717, 1.165) is 21.8 Å². The van der Waals surface area contributed by atoms with Crippen LogP contribution in [0.3, 0.4) is 0 Å². The highest BCUT2D eigenvalue weighted by atomic mass is 35.5. The van der Waals surface area contributed by atoms with E-state index in [1.54, 1.807) is 36.4 Å². The first-order valence-corrected chi connectivity index (χ1v) is 11.3. The summed E-state index contributed by atoms with van der Waals surface area (Å²) in [5, 5.41) is 2.62. The van der Waals surface area contributed by atoms with Crippen LogP contribution in [-0.2, 0) is 9.59 Å². The minimum Gasteiger partial charge on any atom is -0.490 e. The monoisotopic (exact) mass is 490 g/mol. The van der Waals surface area contributed by atoms with E-state index < -0.39 is 17.8 Å². The van der Waals surface area contributed by atoms with Crippen LogP contribution < -0.4 is 19.7 Å². The summed E-state index contributed by atoms with van der Waals surface area (Å²) in [6.45, 7) is 4.33. The minimum atomic E-state index is -0.807. The highest BCUT2D eigenvalue weighted by Gasteiger charge is 2.37. The normalized spacial score (nSPS) is 14.8. The summed E-state index contributed by atoms with van der Waals surface area (Å²) < 4.78 is 11.6. The summed E-state index contributed by atoms with van der Waals surface area (Å²) in [5.41, 5.74) is 2.52. The molecule has 0 aromatic heterocycles. The van der Waals surface area contributed by atoms with Crippen molar-refractivity contribution in [1.82, 2.24) is 5.32 Å². The molecule has 0 unspecified atom stereocenters. The molecule has 0 radical (unpaired) electrons. The van der Waals surface area contributed by atoms with Crippen molar-refractivity contribution in [1.29, 1.82) is 0 Å². The van der Waals surface area contributed by atoms with Crippen LogP contribution in [-0.4, -0.2) is 31.1 Å². The van der Waals surface area contributed by atoms with Crippen molar-refractivity contribution in [3.05, 3.63) is 94.0 Å². The molecule has 4 rings (SSSR count). The van der Waals surface area contributed by atoms with Gasteiger partial charge in [0.2, 0.25) is 0 Å². The van der Waals surface area contributed by atoms with Gasteiger partial charge in [0.1, 0.15) is 30.3 Å².